The Bertz CT molecular complexity index is 708. The number of hydrogen-bond donors (Lipinski definition) is 1. The predicted molar refractivity (Wildman–Crippen MR) is 81.8 cm³/mol. The molecule has 0 spiro atoms. The molecule has 0 unspecified atom stereocenters. The molecule has 2 aromatic rings. The number of piperidine rings is 1. The van der Waals surface area contributed by atoms with Gasteiger partial charge in [0.2, 0.25) is 10.0 Å². The monoisotopic (exact) mass is 323 g/mol. The van der Waals surface area contributed by atoms with Crippen molar-refractivity contribution in [1.82, 2.24) is 24.1 Å². The van der Waals surface area contributed by atoms with E-state index in [1.165, 1.54) is 0 Å². The molecule has 3 rings (SSSR count). The molecule has 1 aliphatic heterocycles. The first-order valence-electron chi connectivity index (χ1n) is 7.46. The summed E-state index contributed by atoms with van der Waals surface area (Å²) in [4.78, 5) is 4.38. The number of aromatic amines is 1. The summed E-state index contributed by atoms with van der Waals surface area (Å²) in [6.07, 6.45) is 7.26. The van der Waals surface area contributed by atoms with E-state index in [0.717, 1.165) is 19.4 Å². The van der Waals surface area contributed by atoms with Gasteiger partial charge in [0, 0.05) is 32.0 Å². The summed E-state index contributed by atoms with van der Waals surface area (Å²) in [6.45, 7) is 5.50. The number of hydrogen-bond acceptors (Lipinski definition) is 4. The van der Waals surface area contributed by atoms with Crippen molar-refractivity contribution in [2.24, 2.45) is 5.92 Å². The first-order valence-corrected chi connectivity index (χ1v) is 8.90. The molecule has 0 radical (unpaired) electrons. The molecule has 0 aromatic carbocycles. The first-order chi connectivity index (χ1) is 10.5. The molecule has 3 heterocycles. The molecule has 0 aliphatic carbocycles. The maximum atomic E-state index is 12.8. The average molecular weight is 323 g/mol. The van der Waals surface area contributed by atoms with Crippen molar-refractivity contribution in [2.45, 2.75) is 38.1 Å². The fraction of sp³-hybridized carbons (Fsp3) is 0.571. The van der Waals surface area contributed by atoms with Crippen molar-refractivity contribution >= 4 is 10.0 Å². The van der Waals surface area contributed by atoms with Gasteiger partial charge in [-0.3, -0.25) is 5.10 Å². The van der Waals surface area contributed by atoms with Gasteiger partial charge < -0.3 is 4.57 Å². The Hall–Kier alpha value is -1.67. The molecule has 7 nitrogen and oxygen atoms in total. The van der Waals surface area contributed by atoms with Crippen LogP contribution in [0.5, 0.6) is 0 Å². The van der Waals surface area contributed by atoms with E-state index in [-0.39, 0.29) is 0 Å². The second-order valence-corrected chi connectivity index (χ2v) is 7.74. The molecular formula is C14H21N5O2S. The van der Waals surface area contributed by atoms with Gasteiger partial charge in [-0.25, -0.2) is 13.4 Å². The number of aromatic nitrogens is 4. The van der Waals surface area contributed by atoms with Crippen molar-refractivity contribution in [2.75, 3.05) is 13.1 Å². The van der Waals surface area contributed by atoms with Crippen molar-refractivity contribution in [1.29, 1.82) is 0 Å². The summed E-state index contributed by atoms with van der Waals surface area (Å²) in [5.41, 5.74) is 1.15. The Balaban J connectivity index is 1.68. The summed E-state index contributed by atoms with van der Waals surface area (Å²) >= 11 is 0. The highest BCUT2D eigenvalue weighted by Crippen LogP contribution is 2.27. The molecular weight excluding hydrogens is 302 g/mol. The van der Waals surface area contributed by atoms with Crippen molar-refractivity contribution < 1.29 is 8.42 Å². The van der Waals surface area contributed by atoms with E-state index >= 15 is 0 Å². The topological polar surface area (TPSA) is 83.9 Å². The van der Waals surface area contributed by atoms with Crippen LogP contribution in [0.3, 0.4) is 0 Å². The molecule has 0 saturated carbocycles. The number of sulfonamides is 1. The third-order valence-corrected chi connectivity index (χ3v) is 6.42. The summed E-state index contributed by atoms with van der Waals surface area (Å²) in [6, 6.07) is 0. The van der Waals surface area contributed by atoms with Gasteiger partial charge >= 0.3 is 0 Å². The van der Waals surface area contributed by atoms with Gasteiger partial charge in [-0.2, -0.15) is 9.40 Å². The fourth-order valence-corrected chi connectivity index (χ4v) is 4.88. The van der Waals surface area contributed by atoms with Crippen molar-refractivity contribution in [3.05, 3.63) is 30.1 Å². The number of aryl methyl sites for hydroxylation is 2. The zero-order valence-electron chi connectivity index (χ0n) is 12.9. The lowest BCUT2D eigenvalue weighted by atomic mass is 9.98. The van der Waals surface area contributed by atoms with Crippen LogP contribution in [-0.2, 0) is 16.6 Å². The Morgan fingerprint density at radius 3 is 2.59 bits per heavy atom. The average Bonchev–Trinajstić information content (AvgIpc) is 3.10. The van der Waals surface area contributed by atoms with Gasteiger partial charge in [0.05, 0.1) is 17.7 Å². The van der Waals surface area contributed by atoms with E-state index in [4.69, 9.17) is 0 Å². The molecule has 1 N–H and O–H groups in total. The summed E-state index contributed by atoms with van der Waals surface area (Å²) in [5, 5.41) is 6.76. The molecule has 0 bridgehead atoms. The highest BCUT2D eigenvalue weighted by atomic mass is 32.2. The summed E-state index contributed by atoms with van der Waals surface area (Å²) in [5.74, 6) is 0.493. The maximum absolute atomic E-state index is 12.8. The van der Waals surface area contributed by atoms with Crippen LogP contribution in [0, 0.1) is 19.8 Å². The van der Waals surface area contributed by atoms with E-state index in [9.17, 15) is 8.42 Å². The van der Waals surface area contributed by atoms with Gasteiger partial charge in [0.15, 0.2) is 0 Å². The van der Waals surface area contributed by atoms with Gasteiger partial charge in [-0.05, 0) is 32.6 Å². The standard InChI is InChI=1S/C14H21N5O2S/c1-11-14(12(2)17-16-11)22(20,21)19-6-3-13(4-7-19)9-18-8-5-15-10-18/h5,8,10,13H,3-4,6-7,9H2,1-2H3,(H,16,17). The highest BCUT2D eigenvalue weighted by molar-refractivity contribution is 7.89. The second-order valence-electron chi connectivity index (χ2n) is 5.87. The Kier molecular flexibility index (Phi) is 4.05. The van der Waals surface area contributed by atoms with Gasteiger partial charge in [0.1, 0.15) is 4.90 Å². The molecule has 8 heteroatoms. The van der Waals surface area contributed by atoms with Crippen LogP contribution >= 0.6 is 0 Å². The molecule has 0 atom stereocenters. The normalized spacial score (nSPS) is 17.9. The molecule has 1 fully saturated rings. The number of imidazole rings is 1. The van der Waals surface area contributed by atoms with Crippen LogP contribution in [0.25, 0.3) is 0 Å². The maximum Gasteiger partial charge on any atom is 0.246 e. The first kappa shape index (κ1) is 15.2. The van der Waals surface area contributed by atoms with E-state index in [2.05, 4.69) is 19.7 Å². The van der Waals surface area contributed by atoms with E-state index < -0.39 is 10.0 Å². The zero-order valence-corrected chi connectivity index (χ0v) is 13.7. The van der Waals surface area contributed by atoms with Gasteiger partial charge in [-0.15, -0.1) is 0 Å². The van der Waals surface area contributed by atoms with Crippen molar-refractivity contribution in [3.63, 3.8) is 0 Å². The second kappa shape index (κ2) is 5.85. The molecule has 1 aliphatic rings. The SMILES string of the molecule is Cc1n[nH]c(C)c1S(=O)(=O)N1CCC(Cn2ccnc2)CC1. The lowest BCUT2D eigenvalue weighted by Gasteiger charge is -2.31. The zero-order chi connectivity index (χ0) is 15.7. The van der Waals surface area contributed by atoms with Crippen LogP contribution in [0.1, 0.15) is 24.2 Å². The minimum absolute atomic E-state index is 0.334. The quantitative estimate of drug-likeness (QED) is 0.920. The number of nitrogens with one attached hydrogen (secondary N) is 1. The summed E-state index contributed by atoms with van der Waals surface area (Å²) < 4.78 is 29.2. The molecule has 22 heavy (non-hydrogen) atoms. The largest absolute Gasteiger partial charge is 0.337 e. The van der Waals surface area contributed by atoms with Crippen LogP contribution < -0.4 is 0 Å². The van der Waals surface area contributed by atoms with Crippen LogP contribution in [0.2, 0.25) is 0 Å². The van der Waals surface area contributed by atoms with E-state index in [0.29, 0.717) is 35.3 Å². The van der Waals surface area contributed by atoms with Crippen LogP contribution in [-0.4, -0.2) is 45.6 Å². The third-order valence-electron chi connectivity index (χ3n) is 4.26. The third kappa shape index (κ3) is 2.80. The molecule has 0 amide bonds. The van der Waals surface area contributed by atoms with Crippen molar-refractivity contribution in [3.8, 4) is 0 Å². The molecule has 120 valence electrons. The van der Waals surface area contributed by atoms with Crippen LogP contribution in [0.4, 0.5) is 0 Å². The number of H-pyrrole nitrogens is 1. The lowest BCUT2D eigenvalue weighted by Crippen LogP contribution is -2.39. The van der Waals surface area contributed by atoms with E-state index in [1.807, 2.05) is 6.20 Å². The fourth-order valence-electron chi connectivity index (χ4n) is 3.07. The summed E-state index contributed by atoms with van der Waals surface area (Å²) in [7, 11) is -3.45. The molecule has 1 saturated heterocycles. The minimum atomic E-state index is -3.45. The van der Waals surface area contributed by atoms with E-state index in [1.54, 1.807) is 30.7 Å². The van der Waals surface area contributed by atoms with Gasteiger partial charge in [0.25, 0.3) is 0 Å². The number of rotatable bonds is 4. The van der Waals surface area contributed by atoms with Crippen LogP contribution in [0.15, 0.2) is 23.6 Å². The van der Waals surface area contributed by atoms with Gasteiger partial charge in [-0.1, -0.05) is 0 Å². The minimum Gasteiger partial charge on any atom is -0.337 e. The predicted octanol–water partition coefficient (Wildman–Crippen LogP) is 1.32. The Morgan fingerprint density at radius 1 is 1.32 bits per heavy atom. The number of nitrogens with zero attached hydrogens (tertiary/aromatic N) is 4. The smallest absolute Gasteiger partial charge is 0.246 e. The molecule has 2 aromatic heterocycles. The highest BCUT2D eigenvalue weighted by Gasteiger charge is 2.32. The Labute approximate surface area is 130 Å². The lowest BCUT2D eigenvalue weighted by molar-refractivity contribution is 0.253. The Morgan fingerprint density at radius 2 is 2.05 bits per heavy atom.